The second-order valence-electron chi connectivity index (χ2n) is 6.99. The molecule has 0 atom stereocenters. The third-order valence-electron chi connectivity index (χ3n) is 5.15. The van der Waals surface area contributed by atoms with Gasteiger partial charge in [0.25, 0.3) is 0 Å². The van der Waals surface area contributed by atoms with Crippen LogP contribution in [-0.4, -0.2) is 24.5 Å². The van der Waals surface area contributed by atoms with Crippen molar-refractivity contribution in [1.82, 2.24) is 5.32 Å². The van der Waals surface area contributed by atoms with Gasteiger partial charge >= 0.3 is 6.18 Å². The molecule has 2 heterocycles. The number of fused-ring (bicyclic) bond motifs is 1. The summed E-state index contributed by atoms with van der Waals surface area (Å²) < 4.78 is 39.3. The van der Waals surface area contributed by atoms with Gasteiger partial charge in [0.1, 0.15) is 5.84 Å². The summed E-state index contributed by atoms with van der Waals surface area (Å²) in [5.74, 6) is 0.708. The van der Waals surface area contributed by atoms with E-state index in [-0.39, 0.29) is 5.54 Å². The predicted octanol–water partition coefficient (Wildman–Crippen LogP) is 4.26. The lowest BCUT2D eigenvalue weighted by molar-refractivity contribution is -0.137. The van der Waals surface area contributed by atoms with Crippen molar-refractivity contribution in [1.29, 1.82) is 0 Å². The Hall–Kier alpha value is -2.54. The number of rotatable bonds is 2. The Morgan fingerprint density at radius 3 is 2.41 bits per heavy atom. The van der Waals surface area contributed by atoms with Crippen molar-refractivity contribution in [3.8, 4) is 0 Å². The minimum absolute atomic E-state index is 0.382. The minimum atomic E-state index is -4.37. The van der Waals surface area contributed by atoms with Gasteiger partial charge < -0.3 is 16.0 Å². The van der Waals surface area contributed by atoms with Crippen molar-refractivity contribution < 1.29 is 13.2 Å². The summed E-state index contributed by atoms with van der Waals surface area (Å²) in [5.41, 5.74) is 1.11. The zero-order valence-electron chi connectivity index (χ0n) is 14.7. The summed E-state index contributed by atoms with van der Waals surface area (Å²) in [4.78, 5) is 4.76. The van der Waals surface area contributed by atoms with Crippen LogP contribution in [0.4, 0.5) is 24.5 Å². The van der Waals surface area contributed by atoms with Gasteiger partial charge in [0.05, 0.1) is 29.0 Å². The highest BCUT2D eigenvalue weighted by Gasteiger charge is 2.41. The Morgan fingerprint density at radius 1 is 0.963 bits per heavy atom. The molecule has 2 aliphatic rings. The van der Waals surface area contributed by atoms with Gasteiger partial charge in [-0.05, 0) is 49.7 Å². The fourth-order valence-electron chi connectivity index (χ4n) is 3.66. The summed E-state index contributed by atoms with van der Waals surface area (Å²) in [6.07, 6.45) is -2.75. The van der Waals surface area contributed by atoms with Gasteiger partial charge in [0.15, 0.2) is 0 Å². The van der Waals surface area contributed by atoms with Crippen LogP contribution in [0.3, 0.4) is 0 Å². The van der Waals surface area contributed by atoms with E-state index in [2.05, 4.69) is 16.0 Å². The van der Waals surface area contributed by atoms with Crippen molar-refractivity contribution in [2.24, 2.45) is 4.99 Å². The van der Waals surface area contributed by atoms with E-state index >= 15 is 0 Å². The average Bonchev–Trinajstić information content (AvgIpc) is 2.67. The molecule has 0 unspecified atom stereocenters. The third kappa shape index (κ3) is 3.64. The van der Waals surface area contributed by atoms with Gasteiger partial charge in [-0.15, -0.1) is 0 Å². The zero-order chi connectivity index (χ0) is 18.9. The highest BCUT2D eigenvalue weighted by atomic mass is 19.4. The lowest BCUT2D eigenvalue weighted by atomic mass is 9.84. The van der Waals surface area contributed by atoms with Crippen molar-refractivity contribution in [2.45, 2.75) is 31.1 Å². The maximum absolute atomic E-state index is 13.1. The molecule has 4 rings (SSSR count). The fourth-order valence-corrected chi connectivity index (χ4v) is 3.66. The molecular formula is C20H21F3N4. The number of halogens is 3. The van der Waals surface area contributed by atoms with Crippen molar-refractivity contribution in [2.75, 3.05) is 23.7 Å². The highest BCUT2D eigenvalue weighted by molar-refractivity contribution is 6.09. The van der Waals surface area contributed by atoms with E-state index in [0.29, 0.717) is 23.8 Å². The van der Waals surface area contributed by atoms with Crippen LogP contribution in [-0.2, 0) is 12.7 Å². The molecule has 27 heavy (non-hydrogen) atoms. The Morgan fingerprint density at radius 2 is 1.70 bits per heavy atom. The van der Waals surface area contributed by atoms with E-state index < -0.39 is 11.7 Å². The first-order valence-corrected chi connectivity index (χ1v) is 9.02. The second-order valence-corrected chi connectivity index (χ2v) is 6.99. The molecule has 2 aliphatic heterocycles. The van der Waals surface area contributed by atoms with E-state index in [1.165, 1.54) is 6.07 Å². The standard InChI is InChI=1S/C20H21F3N4/c21-20(22,23)15-6-7-16-17(12-15)26-18(19(27-16)8-10-24-11-9-19)25-13-14-4-2-1-3-5-14/h1-7,12,24,27H,8-11,13H2,(H,25,26). The number of piperidine rings is 1. The van der Waals surface area contributed by atoms with Gasteiger partial charge in [-0.25, -0.2) is 0 Å². The highest BCUT2D eigenvalue weighted by Crippen LogP contribution is 2.39. The first kappa shape index (κ1) is 17.9. The third-order valence-corrected chi connectivity index (χ3v) is 5.15. The molecule has 3 N–H and O–H groups in total. The molecular weight excluding hydrogens is 353 g/mol. The fraction of sp³-hybridized carbons (Fsp3) is 0.350. The van der Waals surface area contributed by atoms with Gasteiger partial charge in [-0.1, -0.05) is 30.3 Å². The van der Waals surface area contributed by atoms with Gasteiger partial charge in [-0.3, -0.25) is 4.99 Å². The first-order valence-electron chi connectivity index (χ1n) is 9.02. The maximum Gasteiger partial charge on any atom is 0.416 e. The van der Waals surface area contributed by atoms with Gasteiger partial charge in [-0.2, -0.15) is 13.2 Å². The average molecular weight is 374 g/mol. The van der Waals surface area contributed by atoms with Gasteiger partial charge in [0.2, 0.25) is 0 Å². The summed E-state index contributed by atoms with van der Waals surface area (Å²) in [6.45, 7) is 2.14. The molecule has 0 saturated carbocycles. The van der Waals surface area contributed by atoms with Crippen LogP contribution < -0.4 is 16.0 Å². The molecule has 0 radical (unpaired) electrons. The minimum Gasteiger partial charge on any atom is -0.371 e. The van der Waals surface area contributed by atoms with E-state index in [0.717, 1.165) is 43.6 Å². The smallest absolute Gasteiger partial charge is 0.371 e. The topological polar surface area (TPSA) is 48.5 Å². The molecule has 0 bridgehead atoms. The molecule has 142 valence electrons. The van der Waals surface area contributed by atoms with E-state index in [9.17, 15) is 13.2 Å². The Kier molecular flexibility index (Phi) is 4.55. The van der Waals surface area contributed by atoms with E-state index in [1.807, 2.05) is 30.3 Å². The number of aliphatic imine (C=N–C) groups is 1. The number of amidine groups is 1. The normalized spacial score (nSPS) is 20.0. The maximum atomic E-state index is 13.1. The lowest BCUT2D eigenvalue weighted by Gasteiger charge is -2.44. The molecule has 0 aromatic heterocycles. The van der Waals surface area contributed by atoms with Crippen LogP contribution >= 0.6 is 0 Å². The Labute approximate surface area is 155 Å². The van der Waals surface area contributed by atoms with Crippen molar-refractivity contribution in [3.05, 3.63) is 59.7 Å². The zero-order valence-corrected chi connectivity index (χ0v) is 14.7. The monoisotopic (exact) mass is 374 g/mol. The summed E-state index contributed by atoms with van der Waals surface area (Å²) in [6, 6.07) is 13.6. The molecule has 0 aliphatic carbocycles. The number of nitrogens with one attached hydrogen (secondary N) is 3. The molecule has 0 amide bonds. The molecule has 1 fully saturated rings. The quantitative estimate of drug-likeness (QED) is 0.736. The summed E-state index contributed by atoms with van der Waals surface area (Å²) in [7, 11) is 0. The number of alkyl halides is 3. The number of nitrogens with zero attached hydrogens (tertiary/aromatic N) is 1. The van der Waals surface area contributed by atoms with Crippen LogP contribution in [0.25, 0.3) is 0 Å². The number of anilines is 2. The van der Waals surface area contributed by atoms with Crippen LogP contribution in [0.15, 0.2) is 53.5 Å². The summed E-state index contributed by atoms with van der Waals surface area (Å²) in [5, 5.41) is 10.0. The molecule has 2 aromatic carbocycles. The van der Waals surface area contributed by atoms with E-state index in [1.54, 1.807) is 0 Å². The van der Waals surface area contributed by atoms with Crippen LogP contribution in [0.2, 0.25) is 0 Å². The number of benzene rings is 2. The second kappa shape index (κ2) is 6.88. The molecule has 2 aromatic rings. The van der Waals surface area contributed by atoms with Crippen LogP contribution in [0.1, 0.15) is 24.0 Å². The first-order chi connectivity index (χ1) is 13.0. The van der Waals surface area contributed by atoms with Crippen molar-refractivity contribution in [3.63, 3.8) is 0 Å². The van der Waals surface area contributed by atoms with Crippen molar-refractivity contribution >= 4 is 17.2 Å². The number of hydrogen-bond acceptors (Lipinski definition) is 3. The lowest BCUT2D eigenvalue weighted by Crippen LogP contribution is -2.57. The predicted molar refractivity (Wildman–Crippen MR) is 101 cm³/mol. The molecule has 4 nitrogen and oxygen atoms in total. The van der Waals surface area contributed by atoms with E-state index in [4.69, 9.17) is 4.99 Å². The largest absolute Gasteiger partial charge is 0.416 e. The van der Waals surface area contributed by atoms with Gasteiger partial charge in [0, 0.05) is 0 Å². The van der Waals surface area contributed by atoms with Crippen LogP contribution in [0, 0.1) is 0 Å². The Balaban J connectivity index is 1.69. The molecule has 1 spiro atoms. The number of hydrogen-bond donors (Lipinski definition) is 3. The SMILES string of the molecule is FC(F)(F)c1ccc2c(c1)NC(=NCc1ccccc1)C1(CCNCC1)N2. The molecule has 1 saturated heterocycles. The molecule has 7 heteroatoms. The Bertz CT molecular complexity index is 840. The summed E-state index contributed by atoms with van der Waals surface area (Å²) >= 11 is 0. The van der Waals surface area contributed by atoms with Crippen LogP contribution in [0.5, 0.6) is 0 Å².